The van der Waals surface area contributed by atoms with Gasteiger partial charge in [-0.15, -0.1) is 11.3 Å². The predicted octanol–water partition coefficient (Wildman–Crippen LogP) is 3.27. The van der Waals surface area contributed by atoms with Crippen LogP contribution in [0.5, 0.6) is 0 Å². The first-order valence-electron chi connectivity index (χ1n) is 5.20. The summed E-state index contributed by atoms with van der Waals surface area (Å²) in [6.45, 7) is 1.98. The molecule has 0 saturated carbocycles. The summed E-state index contributed by atoms with van der Waals surface area (Å²) in [5, 5.41) is 0. The molecule has 0 amide bonds. The van der Waals surface area contributed by atoms with Gasteiger partial charge in [-0.1, -0.05) is 0 Å². The van der Waals surface area contributed by atoms with Crippen molar-refractivity contribution in [2.45, 2.75) is 6.92 Å². The average Bonchev–Trinajstić information content (AvgIpc) is 2.77. The van der Waals surface area contributed by atoms with E-state index in [0.29, 0.717) is 15.8 Å². The Balaban J connectivity index is 2.32. The first-order chi connectivity index (χ1) is 8.60. The van der Waals surface area contributed by atoms with E-state index in [4.69, 9.17) is 4.74 Å². The maximum atomic E-state index is 13.0. The molecule has 6 heteroatoms. The van der Waals surface area contributed by atoms with E-state index in [9.17, 15) is 13.6 Å². The number of halogens is 2. The highest BCUT2D eigenvalue weighted by molar-refractivity contribution is 7.17. The van der Waals surface area contributed by atoms with Crippen LogP contribution in [0.1, 0.15) is 16.6 Å². The molecule has 0 saturated heterocycles. The second-order valence-electron chi connectivity index (χ2n) is 3.38. The Morgan fingerprint density at radius 1 is 1.39 bits per heavy atom. The van der Waals surface area contributed by atoms with E-state index in [0.717, 1.165) is 17.4 Å². The van der Waals surface area contributed by atoms with Crippen LogP contribution in [0.2, 0.25) is 0 Å². The van der Waals surface area contributed by atoms with Crippen molar-refractivity contribution in [2.75, 3.05) is 6.61 Å². The van der Waals surface area contributed by atoms with E-state index in [2.05, 4.69) is 4.98 Å². The van der Waals surface area contributed by atoms with Gasteiger partial charge >= 0.3 is 5.97 Å². The Labute approximate surface area is 106 Å². The number of carbonyl (C=O) groups excluding carboxylic acids is 1. The van der Waals surface area contributed by atoms with Crippen molar-refractivity contribution in [1.82, 2.24) is 4.98 Å². The van der Waals surface area contributed by atoms with Gasteiger partial charge in [-0.25, -0.2) is 14.2 Å². The fourth-order valence-electron chi connectivity index (χ4n) is 1.38. The summed E-state index contributed by atoms with van der Waals surface area (Å²) in [5.41, 5.74) is 0.160. The van der Waals surface area contributed by atoms with E-state index in [1.165, 1.54) is 0 Å². The van der Waals surface area contributed by atoms with E-state index in [1.54, 1.807) is 19.1 Å². The van der Waals surface area contributed by atoms with Crippen molar-refractivity contribution in [3.8, 4) is 10.6 Å². The maximum Gasteiger partial charge on any atom is 0.348 e. The molecule has 0 bridgehead atoms. The van der Waals surface area contributed by atoms with Crippen molar-refractivity contribution in [3.63, 3.8) is 0 Å². The van der Waals surface area contributed by atoms with E-state index in [-0.39, 0.29) is 12.3 Å². The molecule has 0 N–H and O–H groups in total. The van der Waals surface area contributed by atoms with Crippen molar-refractivity contribution < 1.29 is 18.3 Å². The van der Waals surface area contributed by atoms with Crippen LogP contribution in [0.25, 0.3) is 10.6 Å². The molecule has 0 atom stereocenters. The minimum Gasteiger partial charge on any atom is -0.462 e. The Kier molecular flexibility index (Phi) is 3.66. The fraction of sp³-hybridized carbons (Fsp3) is 0.167. The van der Waals surface area contributed by atoms with Gasteiger partial charge in [0.2, 0.25) is 5.95 Å². The second kappa shape index (κ2) is 5.22. The van der Waals surface area contributed by atoms with Gasteiger partial charge in [0.05, 0.1) is 17.2 Å². The van der Waals surface area contributed by atoms with Gasteiger partial charge in [-0.2, -0.15) is 4.39 Å². The molecule has 2 aromatic heterocycles. The Morgan fingerprint density at radius 3 is 2.83 bits per heavy atom. The van der Waals surface area contributed by atoms with Crippen LogP contribution in [-0.4, -0.2) is 17.6 Å². The van der Waals surface area contributed by atoms with Crippen LogP contribution in [0.3, 0.4) is 0 Å². The first kappa shape index (κ1) is 12.6. The summed E-state index contributed by atoms with van der Waals surface area (Å²) in [5.74, 6) is -2.05. The Morgan fingerprint density at radius 2 is 2.17 bits per heavy atom. The zero-order valence-corrected chi connectivity index (χ0v) is 10.3. The van der Waals surface area contributed by atoms with E-state index < -0.39 is 17.7 Å². The molecular formula is C12H9F2NO2S. The van der Waals surface area contributed by atoms with Gasteiger partial charge in [-0.05, 0) is 19.1 Å². The molecule has 0 spiro atoms. The molecule has 2 aromatic rings. The van der Waals surface area contributed by atoms with Gasteiger partial charge in [0.15, 0.2) is 0 Å². The highest BCUT2D eigenvalue weighted by Gasteiger charge is 2.13. The van der Waals surface area contributed by atoms with Crippen LogP contribution >= 0.6 is 11.3 Å². The molecule has 0 unspecified atom stereocenters. The molecular weight excluding hydrogens is 260 g/mol. The third-order valence-corrected chi connectivity index (χ3v) is 3.18. The SMILES string of the molecule is CCOC(=O)c1ccc(-c2cc(F)cc(F)n2)s1. The number of hydrogen-bond acceptors (Lipinski definition) is 4. The molecule has 2 heterocycles. The molecule has 94 valence electrons. The number of nitrogens with zero attached hydrogens (tertiary/aromatic N) is 1. The lowest BCUT2D eigenvalue weighted by atomic mass is 10.3. The van der Waals surface area contributed by atoms with Gasteiger partial charge in [0, 0.05) is 12.1 Å². The maximum absolute atomic E-state index is 13.0. The van der Waals surface area contributed by atoms with Crippen LogP contribution in [0.4, 0.5) is 8.78 Å². The molecule has 0 aliphatic rings. The monoisotopic (exact) mass is 269 g/mol. The molecule has 2 rings (SSSR count). The molecule has 18 heavy (non-hydrogen) atoms. The molecule has 3 nitrogen and oxygen atoms in total. The summed E-state index contributed by atoms with van der Waals surface area (Å²) in [4.78, 5) is 15.9. The normalized spacial score (nSPS) is 10.4. The van der Waals surface area contributed by atoms with Gasteiger partial charge < -0.3 is 4.74 Å². The van der Waals surface area contributed by atoms with Crippen LogP contribution in [-0.2, 0) is 4.74 Å². The van der Waals surface area contributed by atoms with Crippen LogP contribution < -0.4 is 0 Å². The zero-order chi connectivity index (χ0) is 13.1. The van der Waals surface area contributed by atoms with Crippen LogP contribution in [0, 0.1) is 11.8 Å². The highest BCUT2D eigenvalue weighted by atomic mass is 32.1. The largest absolute Gasteiger partial charge is 0.462 e. The third-order valence-electron chi connectivity index (χ3n) is 2.09. The lowest BCUT2D eigenvalue weighted by Crippen LogP contribution is -2.01. The topological polar surface area (TPSA) is 39.2 Å². The van der Waals surface area contributed by atoms with Crippen molar-refractivity contribution >= 4 is 17.3 Å². The average molecular weight is 269 g/mol. The number of thiophene rings is 1. The highest BCUT2D eigenvalue weighted by Crippen LogP contribution is 2.27. The second-order valence-corrected chi connectivity index (χ2v) is 4.46. The Hall–Kier alpha value is -1.82. The Bertz CT molecular complexity index is 563. The van der Waals surface area contributed by atoms with E-state index in [1.807, 2.05) is 0 Å². The first-order valence-corrected chi connectivity index (χ1v) is 6.02. The molecule has 0 aromatic carbocycles. The number of carbonyl (C=O) groups is 1. The third kappa shape index (κ3) is 2.70. The van der Waals surface area contributed by atoms with Gasteiger partial charge in [0.1, 0.15) is 10.7 Å². The quantitative estimate of drug-likeness (QED) is 0.634. The number of ether oxygens (including phenoxy) is 1. The summed E-state index contributed by atoms with van der Waals surface area (Å²) >= 11 is 1.08. The number of rotatable bonds is 3. The number of aromatic nitrogens is 1. The number of esters is 1. The van der Waals surface area contributed by atoms with Gasteiger partial charge in [0.25, 0.3) is 0 Å². The lowest BCUT2D eigenvalue weighted by molar-refractivity contribution is 0.0532. The van der Waals surface area contributed by atoms with Crippen LogP contribution in [0.15, 0.2) is 24.3 Å². The summed E-state index contributed by atoms with van der Waals surface area (Å²) < 4.78 is 30.8. The standard InChI is InChI=1S/C12H9F2NO2S/c1-2-17-12(16)10-4-3-9(18-10)8-5-7(13)6-11(14)15-8/h3-6H,2H2,1H3. The fourth-order valence-corrected chi connectivity index (χ4v) is 2.24. The molecule has 0 fully saturated rings. The summed E-state index contributed by atoms with van der Waals surface area (Å²) in [7, 11) is 0. The minimum atomic E-state index is -0.893. The summed E-state index contributed by atoms with van der Waals surface area (Å²) in [6, 6.07) is 4.94. The molecule has 0 radical (unpaired) electrons. The predicted molar refractivity (Wildman–Crippen MR) is 63.4 cm³/mol. The molecule has 0 aliphatic heterocycles. The molecule has 0 aliphatic carbocycles. The van der Waals surface area contributed by atoms with Crippen molar-refractivity contribution in [2.24, 2.45) is 0 Å². The lowest BCUT2D eigenvalue weighted by Gasteiger charge is -1.98. The van der Waals surface area contributed by atoms with Crippen molar-refractivity contribution in [3.05, 3.63) is 40.9 Å². The van der Waals surface area contributed by atoms with Crippen molar-refractivity contribution in [1.29, 1.82) is 0 Å². The summed E-state index contributed by atoms with van der Waals surface area (Å²) in [6.07, 6.45) is 0. The number of hydrogen-bond donors (Lipinski definition) is 0. The number of pyridine rings is 1. The van der Waals surface area contributed by atoms with E-state index >= 15 is 0 Å². The zero-order valence-electron chi connectivity index (χ0n) is 9.44. The van der Waals surface area contributed by atoms with Gasteiger partial charge in [-0.3, -0.25) is 0 Å². The smallest absolute Gasteiger partial charge is 0.348 e. The minimum absolute atomic E-state index is 0.160.